The van der Waals surface area contributed by atoms with E-state index in [9.17, 15) is 4.79 Å². The molecular formula is C30H29NO. The Morgan fingerprint density at radius 1 is 0.750 bits per heavy atom. The summed E-state index contributed by atoms with van der Waals surface area (Å²) in [7, 11) is 0. The molecular weight excluding hydrogens is 390 g/mol. The largest absolute Gasteiger partial charge is 0.294 e. The lowest BCUT2D eigenvalue weighted by molar-refractivity contribution is -0.128. The van der Waals surface area contributed by atoms with Gasteiger partial charge >= 0.3 is 0 Å². The number of hydrogen-bond acceptors (Lipinski definition) is 2. The Bertz CT molecular complexity index is 1150. The van der Waals surface area contributed by atoms with E-state index >= 15 is 0 Å². The number of carbonyl (C=O) groups is 1. The molecule has 1 unspecified atom stereocenters. The van der Waals surface area contributed by atoms with Gasteiger partial charge in [-0.05, 0) is 36.1 Å². The van der Waals surface area contributed by atoms with Crippen LogP contribution in [-0.2, 0) is 10.3 Å². The molecule has 32 heavy (non-hydrogen) atoms. The van der Waals surface area contributed by atoms with Crippen molar-refractivity contribution in [1.82, 2.24) is 0 Å². The second-order valence-corrected chi connectivity index (χ2v) is 8.43. The molecule has 4 rings (SSSR count). The van der Waals surface area contributed by atoms with Crippen LogP contribution < -0.4 is 0 Å². The molecule has 160 valence electrons. The first-order valence-electron chi connectivity index (χ1n) is 11.5. The van der Waals surface area contributed by atoms with E-state index in [4.69, 9.17) is 4.99 Å². The molecule has 0 fully saturated rings. The van der Waals surface area contributed by atoms with Gasteiger partial charge in [-0.2, -0.15) is 0 Å². The Morgan fingerprint density at radius 2 is 1.28 bits per heavy atom. The van der Waals surface area contributed by atoms with Crippen molar-refractivity contribution in [2.75, 3.05) is 0 Å². The average molecular weight is 420 g/mol. The van der Waals surface area contributed by atoms with Crippen LogP contribution in [0.3, 0.4) is 0 Å². The molecule has 0 aliphatic carbocycles. The van der Waals surface area contributed by atoms with Crippen molar-refractivity contribution < 1.29 is 4.79 Å². The summed E-state index contributed by atoms with van der Waals surface area (Å²) in [4.78, 5) is 19.8. The zero-order valence-corrected chi connectivity index (χ0v) is 18.8. The molecule has 0 N–H and O–H groups in total. The summed E-state index contributed by atoms with van der Waals surface area (Å²) in [5, 5.41) is 0. The maximum absolute atomic E-state index is 14.5. The summed E-state index contributed by atoms with van der Waals surface area (Å²) in [6.45, 7) is 4.29. The summed E-state index contributed by atoms with van der Waals surface area (Å²) in [6, 6.07) is 29.9. The standard InChI is InChI=1S/C30H29NO/c1-3-21-29(22-4-2)27(25-16-10-6-11-17-25)31-30(28(29)32,26-18-12-7-13-19-26)23-20-24-14-8-5-9-15-24/h5-19H,3-4,21-22H2,1-2H3. The molecule has 2 heteroatoms. The van der Waals surface area contributed by atoms with E-state index < -0.39 is 11.0 Å². The number of ketones is 1. The van der Waals surface area contributed by atoms with Crippen LogP contribution in [0, 0.1) is 17.3 Å². The highest BCUT2D eigenvalue weighted by Gasteiger charge is 2.58. The summed E-state index contributed by atoms with van der Waals surface area (Å²) < 4.78 is 0. The molecule has 0 saturated carbocycles. The van der Waals surface area contributed by atoms with E-state index in [-0.39, 0.29) is 5.78 Å². The van der Waals surface area contributed by atoms with Crippen LogP contribution in [0.15, 0.2) is 96.0 Å². The van der Waals surface area contributed by atoms with Gasteiger partial charge in [0.15, 0.2) is 5.78 Å². The highest BCUT2D eigenvalue weighted by molar-refractivity contribution is 6.25. The van der Waals surface area contributed by atoms with Gasteiger partial charge in [0.2, 0.25) is 5.54 Å². The molecule has 0 bridgehead atoms. The smallest absolute Gasteiger partial charge is 0.205 e. The monoisotopic (exact) mass is 419 g/mol. The minimum absolute atomic E-state index is 0.113. The summed E-state index contributed by atoms with van der Waals surface area (Å²) in [6.07, 6.45) is 3.37. The number of benzene rings is 3. The number of hydrogen-bond donors (Lipinski definition) is 0. The normalized spacial score (nSPS) is 19.2. The van der Waals surface area contributed by atoms with Crippen molar-refractivity contribution in [1.29, 1.82) is 0 Å². The Hall–Kier alpha value is -3.44. The fourth-order valence-electron chi connectivity index (χ4n) is 4.87. The van der Waals surface area contributed by atoms with Crippen LogP contribution in [0.2, 0.25) is 0 Å². The fraction of sp³-hybridized carbons (Fsp3) is 0.267. The van der Waals surface area contributed by atoms with E-state index in [0.29, 0.717) is 0 Å². The van der Waals surface area contributed by atoms with Gasteiger partial charge in [-0.25, -0.2) is 0 Å². The highest BCUT2D eigenvalue weighted by atomic mass is 16.1. The molecule has 1 aliphatic rings. The van der Waals surface area contributed by atoms with Gasteiger partial charge in [0.1, 0.15) is 0 Å². The number of carbonyl (C=O) groups excluding carboxylic acids is 1. The van der Waals surface area contributed by atoms with E-state index in [1.54, 1.807) is 0 Å². The number of nitrogens with zero attached hydrogens (tertiary/aromatic N) is 1. The van der Waals surface area contributed by atoms with Crippen LogP contribution in [0.25, 0.3) is 0 Å². The predicted molar refractivity (Wildman–Crippen MR) is 132 cm³/mol. The highest BCUT2D eigenvalue weighted by Crippen LogP contribution is 2.49. The van der Waals surface area contributed by atoms with Crippen molar-refractivity contribution in [3.05, 3.63) is 108 Å². The first-order chi connectivity index (χ1) is 15.7. The first kappa shape index (κ1) is 21.8. The minimum atomic E-state index is -1.20. The van der Waals surface area contributed by atoms with Gasteiger partial charge in [-0.1, -0.05) is 117 Å². The molecule has 0 aromatic heterocycles. The van der Waals surface area contributed by atoms with E-state index in [1.807, 2.05) is 78.9 Å². The third-order valence-corrected chi connectivity index (χ3v) is 6.25. The quantitative estimate of drug-likeness (QED) is 0.414. The van der Waals surface area contributed by atoms with Gasteiger partial charge in [0.05, 0.1) is 11.1 Å². The third kappa shape index (κ3) is 3.80. The summed E-state index contributed by atoms with van der Waals surface area (Å²) in [5.41, 5.74) is 1.80. The molecule has 1 aliphatic heterocycles. The number of rotatable bonds is 6. The number of Topliss-reactive ketones (excluding diaryl/α,β-unsaturated/α-hetero) is 1. The summed E-state index contributed by atoms with van der Waals surface area (Å²) in [5.74, 6) is 6.75. The van der Waals surface area contributed by atoms with Crippen molar-refractivity contribution in [3.63, 3.8) is 0 Å². The van der Waals surface area contributed by atoms with Gasteiger partial charge in [0, 0.05) is 5.56 Å². The maximum atomic E-state index is 14.5. The minimum Gasteiger partial charge on any atom is -0.294 e. The second kappa shape index (κ2) is 9.37. The number of aliphatic imine (C=N–C) groups is 1. The molecule has 0 spiro atoms. The lowest BCUT2D eigenvalue weighted by Gasteiger charge is -2.31. The van der Waals surface area contributed by atoms with Crippen LogP contribution >= 0.6 is 0 Å². The molecule has 2 nitrogen and oxygen atoms in total. The first-order valence-corrected chi connectivity index (χ1v) is 11.5. The third-order valence-electron chi connectivity index (χ3n) is 6.25. The lowest BCUT2D eigenvalue weighted by Crippen LogP contribution is -2.42. The Labute approximate surface area is 191 Å². The van der Waals surface area contributed by atoms with Gasteiger partial charge < -0.3 is 0 Å². The van der Waals surface area contributed by atoms with Crippen molar-refractivity contribution in [3.8, 4) is 11.8 Å². The Morgan fingerprint density at radius 3 is 1.84 bits per heavy atom. The van der Waals surface area contributed by atoms with E-state index in [2.05, 4.69) is 37.8 Å². The van der Waals surface area contributed by atoms with E-state index in [1.165, 1.54) is 0 Å². The van der Waals surface area contributed by atoms with Gasteiger partial charge in [-0.15, -0.1) is 0 Å². The lowest BCUT2D eigenvalue weighted by atomic mass is 9.67. The average Bonchev–Trinajstić information content (AvgIpc) is 3.09. The molecule has 1 heterocycles. The van der Waals surface area contributed by atoms with Crippen molar-refractivity contribution in [2.24, 2.45) is 10.4 Å². The van der Waals surface area contributed by atoms with Crippen LogP contribution in [-0.4, -0.2) is 11.5 Å². The molecule has 1 atom stereocenters. The van der Waals surface area contributed by atoms with Crippen LogP contribution in [0.1, 0.15) is 56.2 Å². The topological polar surface area (TPSA) is 29.4 Å². The predicted octanol–water partition coefficient (Wildman–Crippen LogP) is 6.59. The zero-order valence-electron chi connectivity index (χ0n) is 18.8. The van der Waals surface area contributed by atoms with Crippen LogP contribution in [0.5, 0.6) is 0 Å². The van der Waals surface area contributed by atoms with Crippen molar-refractivity contribution >= 4 is 11.5 Å². The van der Waals surface area contributed by atoms with E-state index in [0.717, 1.165) is 48.1 Å². The SMILES string of the molecule is CCCC1(CCC)C(=O)C(C#Cc2ccccc2)(c2ccccc2)N=C1c1ccccc1. The summed E-state index contributed by atoms with van der Waals surface area (Å²) >= 11 is 0. The zero-order chi connectivity index (χ0) is 22.4. The Kier molecular flexibility index (Phi) is 6.37. The van der Waals surface area contributed by atoms with Gasteiger partial charge in [-0.3, -0.25) is 9.79 Å². The molecule has 0 saturated heterocycles. The maximum Gasteiger partial charge on any atom is 0.205 e. The molecule has 3 aromatic carbocycles. The van der Waals surface area contributed by atoms with Gasteiger partial charge in [0.25, 0.3) is 0 Å². The fourth-order valence-corrected chi connectivity index (χ4v) is 4.87. The Balaban J connectivity index is 2.00. The molecule has 3 aromatic rings. The second-order valence-electron chi connectivity index (χ2n) is 8.43. The molecule has 0 amide bonds. The van der Waals surface area contributed by atoms with Crippen LogP contribution in [0.4, 0.5) is 0 Å². The molecule has 0 radical (unpaired) electrons. The van der Waals surface area contributed by atoms with Crippen molar-refractivity contribution in [2.45, 2.75) is 45.1 Å².